The summed E-state index contributed by atoms with van der Waals surface area (Å²) in [7, 11) is 0. The van der Waals surface area contributed by atoms with Crippen molar-refractivity contribution in [2.45, 2.75) is 64.7 Å². The highest BCUT2D eigenvalue weighted by atomic mass is 16.5. The number of hydrogen-bond acceptors (Lipinski definition) is 11. The predicted molar refractivity (Wildman–Crippen MR) is 253 cm³/mol. The number of para-hydroxylation sites is 1. The van der Waals surface area contributed by atoms with Gasteiger partial charge in [-0.15, -0.1) is 0 Å². The van der Waals surface area contributed by atoms with Crippen LogP contribution in [0.3, 0.4) is 0 Å². The highest BCUT2D eigenvalue weighted by Crippen LogP contribution is 2.38. The van der Waals surface area contributed by atoms with Crippen LogP contribution in [0.1, 0.15) is 85.3 Å². The molecule has 0 aliphatic rings. The second kappa shape index (κ2) is 24.2. The van der Waals surface area contributed by atoms with Gasteiger partial charge in [0, 0.05) is 41.6 Å². The summed E-state index contributed by atoms with van der Waals surface area (Å²) in [5, 5.41) is 5.33. The van der Waals surface area contributed by atoms with Crippen LogP contribution < -0.4 is 30.6 Å². The Morgan fingerprint density at radius 3 is 1.87 bits per heavy atom. The van der Waals surface area contributed by atoms with E-state index in [0.29, 0.717) is 39.3 Å². The fourth-order valence-electron chi connectivity index (χ4n) is 6.67. The zero-order valence-electron chi connectivity index (χ0n) is 37.6. The van der Waals surface area contributed by atoms with E-state index in [9.17, 15) is 33.6 Å². The monoisotopic (exact) mass is 907 g/mol. The number of nitrogens with one attached hydrogen (secondary N) is 2. The number of carbonyl (C=O) groups excluding carboxylic acids is 7. The van der Waals surface area contributed by atoms with Crippen molar-refractivity contribution in [1.82, 2.24) is 5.32 Å². The Hall–Kier alpha value is -8.13. The molecule has 0 aliphatic heterocycles. The van der Waals surface area contributed by atoms with Gasteiger partial charge in [-0.2, -0.15) is 0 Å². The first-order chi connectivity index (χ1) is 32.1. The topological polar surface area (TPSA) is 206 Å². The number of ether oxygens (including phenoxy) is 4. The Morgan fingerprint density at radius 1 is 0.642 bits per heavy atom. The second-order valence-electron chi connectivity index (χ2n) is 15.7. The van der Waals surface area contributed by atoms with Gasteiger partial charge < -0.3 is 35.3 Å². The fourth-order valence-corrected chi connectivity index (χ4v) is 6.67. The number of ketones is 3. The van der Waals surface area contributed by atoms with Crippen LogP contribution in [0.4, 0.5) is 5.69 Å². The van der Waals surface area contributed by atoms with Crippen LogP contribution in [0.15, 0.2) is 141 Å². The molecule has 0 saturated heterocycles. The number of primary amides is 1. The number of benzene rings is 5. The molecule has 0 radical (unpaired) electrons. The Kier molecular flexibility index (Phi) is 18.0. The molecule has 0 aromatic heterocycles. The second-order valence-corrected chi connectivity index (χ2v) is 15.7. The van der Waals surface area contributed by atoms with Gasteiger partial charge in [0.2, 0.25) is 5.91 Å². The summed E-state index contributed by atoms with van der Waals surface area (Å²) in [6.45, 7) is 12.6. The molecule has 0 spiro atoms. The molecule has 0 bridgehead atoms. The Labute approximate surface area is 389 Å². The van der Waals surface area contributed by atoms with Gasteiger partial charge in [0.25, 0.3) is 11.8 Å². The Morgan fingerprint density at radius 2 is 1.25 bits per heavy atom. The van der Waals surface area contributed by atoms with Crippen molar-refractivity contribution in [3.8, 4) is 17.2 Å². The SMILES string of the molecule is C=CCOC(=O)c1ccc(CC(=O)c2ccc(CC(=O)c3ccc(CC(=O)[C@H](CC(N)=O)NC(=O)c4ccc(NC(=O)C(C)Oc5ccccc5)cc4)cc3)c(OC(C)C)c2OCC=C)cc1. The molecule has 2 atom stereocenters. The highest BCUT2D eigenvalue weighted by molar-refractivity contribution is 6.03. The minimum absolute atomic E-state index is 0.0150. The van der Waals surface area contributed by atoms with Gasteiger partial charge >= 0.3 is 5.97 Å². The predicted octanol–water partition coefficient (Wildman–Crippen LogP) is 7.42. The third-order valence-electron chi connectivity index (χ3n) is 10.0. The molecular weight excluding hydrogens is 855 g/mol. The van der Waals surface area contributed by atoms with Gasteiger partial charge in [0.05, 0.1) is 29.7 Å². The summed E-state index contributed by atoms with van der Waals surface area (Å²) in [6, 6.07) is 29.7. The quantitative estimate of drug-likeness (QED) is 0.0298. The summed E-state index contributed by atoms with van der Waals surface area (Å²) in [5.41, 5.74) is 8.59. The minimum Gasteiger partial charge on any atom is -0.487 e. The first-order valence-corrected chi connectivity index (χ1v) is 21.5. The van der Waals surface area contributed by atoms with Crippen LogP contribution in [0.25, 0.3) is 0 Å². The van der Waals surface area contributed by atoms with Crippen LogP contribution in [0, 0.1) is 0 Å². The normalized spacial score (nSPS) is 11.6. The molecule has 1 unspecified atom stereocenters. The molecule has 67 heavy (non-hydrogen) atoms. The van der Waals surface area contributed by atoms with Crippen molar-refractivity contribution in [2.75, 3.05) is 18.5 Å². The van der Waals surface area contributed by atoms with Crippen LogP contribution >= 0.6 is 0 Å². The molecule has 0 heterocycles. The van der Waals surface area contributed by atoms with Gasteiger partial charge in [-0.3, -0.25) is 28.8 Å². The maximum atomic E-state index is 13.8. The third-order valence-corrected chi connectivity index (χ3v) is 10.0. The smallest absolute Gasteiger partial charge is 0.338 e. The summed E-state index contributed by atoms with van der Waals surface area (Å²) >= 11 is 0. The van der Waals surface area contributed by atoms with E-state index >= 15 is 0 Å². The van der Waals surface area contributed by atoms with Gasteiger partial charge in [-0.1, -0.05) is 86.0 Å². The lowest BCUT2D eigenvalue weighted by Gasteiger charge is -2.20. The van der Waals surface area contributed by atoms with Crippen LogP contribution in [-0.4, -0.2) is 72.5 Å². The summed E-state index contributed by atoms with van der Waals surface area (Å²) in [6.07, 6.45) is 1.09. The van der Waals surface area contributed by atoms with E-state index < -0.39 is 48.0 Å². The average molecular weight is 908 g/mol. The molecule has 5 aromatic rings. The van der Waals surface area contributed by atoms with E-state index in [2.05, 4.69) is 23.8 Å². The number of esters is 1. The van der Waals surface area contributed by atoms with Gasteiger partial charge in [-0.05, 0) is 86.5 Å². The molecule has 0 fully saturated rings. The number of hydrogen-bond donors (Lipinski definition) is 3. The first kappa shape index (κ1) is 49.9. The highest BCUT2D eigenvalue weighted by Gasteiger charge is 2.26. The number of amides is 3. The number of carbonyl (C=O) groups is 7. The van der Waals surface area contributed by atoms with Gasteiger partial charge in [-0.25, -0.2) is 4.79 Å². The summed E-state index contributed by atoms with van der Waals surface area (Å²) in [5.74, 6) is -2.45. The van der Waals surface area contributed by atoms with Crippen molar-refractivity contribution in [1.29, 1.82) is 0 Å². The number of rotatable bonds is 25. The first-order valence-electron chi connectivity index (χ1n) is 21.5. The lowest BCUT2D eigenvalue weighted by atomic mass is 9.95. The zero-order valence-corrected chi connectivity index (χ0v) is 37.6. The van der Waals surface area contributed by atoms with E-state index in [-0.39, 0.29) is 72.8 Å². The molecule has 14 nitrogen and oxygen atoms in total. The van der Waals surface area contributed by atoms with Crippen molar-refractivity contribution in [2.24, 2.45) is 5.73 Å². The van der Waals surface area contributed by atoms with E-state index in [0.717, 1.165) is 0 Å². The van der Waals surface area contributed by atoms with E-state index in [4.69, 9.17) is 24.7 Å². The molecule has 5 rings (SSSR count). The molecule has 14 heteroatoms. The van der Waals surface area contributed by atoms with Gasteiger partial charge in [0.15, 0.2) is 35.0 Å². The number of anilines is 1. The minimum atomic E-state index is -1.24. The fraction of sp³-hybridized carbons (Fsp3) is 0.226. The molecular formula is C53H53N3O11. The zero-order chi connectivity index (χ0) is 48.5. The largest absolute Gasteiger partial charge is 0.487 e. The molecule has 0 aliphatic carbocycles. The van der Waals surface area contributed by atoms with Crippen molar-refractivity contribution >= 4 is 46.7 Å². The number of Topliss-reactive ketones (excluding diaryl/α,β-unsaturated/α-hetero) is 3. The maximum Gasteiger partial charge on any atom is 0.338 e. The molecule has 0 saturated carbocycles. The van der Waals surface area contributed by atoms with E-state index in [1.165, 1.54) is 36.4 Å². The molecule has 4 N–H and O–H groups in total. The van der Waals surface area contributed by atoms with Crippen molar-refractivity contribution in [3.05, 3.63) is 180 Å². The Balaban J connectivity index is 1.24. The van der Waals surface area contributed by atoms with E-state index in [1.54, 1.807) is 91.9 Å². The van der Waals surface area contributed by atoms with Crippen LogP contribution in [0.5, 0.6) is 17.2 Å². The Bertz CT molecular complexity index is 2590. The van der Waals surface area contributed by atoms with Crippen LogP contribution in [-0.2, 0) is 38.4 Å². The lowest BCUT2D eigenvalue weighted by Crippen LogP contribution is -2.44. The standard InChI is InChI=1S/C53H53N3O11/c1-6-27-64-50-43(46(58)29-35-15-19-39(20-16-35)53(63)65-28-7-2)26-23-40(49(50)66-33(3)4)31-45(57)37-17-13-36(14-18-37)30-47(59)44(32-48(54)60)56-52(62)38-21-24-41(25-22-38)55-51(61)34(5)67-42-11-9-8-10-12-42/h6-26,33-34,44H,1-2,27-32H2,3-5H3,(H2,54,60)(H,55,61)(H,56,62)/t34?,44-/m0/s1. The number of nitrogens with two attached hydrogens (primary N) is 1. The average Bonchev–Trinajstić information content (AvgIpc) is 3.31. The molecule has 346 valence electrons. The van der Waals surface area contributed by atoms with Crippen molar-refractivity contribution < 1.29 is 52.5 Å². The molecule has 5 aromatic carbocycles. The third kappa shape index (κ3) is 14.7. The van der Waals surface area contributed by atoms with Crippen molar-refractivity contribution in [3.63, 3.8) is 0 Å². The maximum absolute atomic E-state index is 13.8. The van der Waals surface area contributed by atoms with Crippen LogP contribution in [0.2, 0.25) is 0 Å². The lowest BCUT2D eigenvalue weighted by molar-refractivity contribution is -0.125. The molecule has 3 amide bonds. The van der Waals surface area contributed by atoms with Gasteiger partial charge in [0.1, 0.15) is 19.0 Å². The van der Waals surface area contributed by atoms with E-state index in [1.807, 2.05) is 19.9 Å². The summed E-state index contributed by atoms with van der Waals surface area (Å²) < 4.78 is 23.0. The summed E-state index contributed by atoms with van der Waals surface area (Å²) in [4.78, 5) is 91.1.